The number of carbonyl (C=O) groups is 3. The Labute approximate surface area is 109 Å². The first kappa shape index (κ1) is 11.7. The molecule has 6 nitrogen and oxygen atoms in total. The van der Waals surface area contributed by atoms with Crippen LogP contribution in [-0.2, 0) is 9.59 Å². The maximum absolute atomic E-state index is 12.0. The Morgan fingerprint density at radius 3 is 2.79 bits per heavy atom. The van der Waals surface area contributed by atoms with Crippen molar-refractivity contribution in [3.63, 3.8) is 0 Å². The minimum absolute atomic E-state index is 0.160. The Hall–Kier alpha value is -2.37. The van der Waals surface area contributed by atoms with E-state index >= 15 is 0 Å². The van der Waals surface area contributed by atoms with Crippen LogP contribution in [0.4, 0.5) is 11.4 Å². The largest absolute Gasteiger partial charge is 0.388 e. The van der Waals surface area contributed by atoms with Crippen molar-refractivity contribution in [3.05, 3.63) is 23.8 Å². The summed E-state index contributed by atoms with van der Waals surface area (Å²) < 4.78 is 0. The molecule has 2 N–H and O–H groups in total. The highest BCUT2D eigenvalue weighted by molar-refractivity contribution is 6.23. The van der Waals surface area contributed by atoms with Crippen molar-refractivity contribution in [2.45, 2.75) is 18.9 Å². The number of rotatable bonds is 2. The third kappa shape index (κ3) is 1.68. The van der Waals surface area contributed by atoms with Crippen LogP contribution in [0.2, 0.25) is 0 Å². The predicted molar refractivity (Wildman–Crippen MR) is 69.0 cm³/mol. The molecule has 2 aliphatic heterocycles. The van der Waals surface area contributed by atoms with E-state index in [-0.39, 0.29) is 18.2 Å². The lowest BCUT2D eigenvalue weighted by Crippen LogP contribution is -2.58. The second-order valence-corrected chi connectivity index (χ2v) is 4.62. The van der Waals surface area contributed by atoms with Gasteiger partial charge in [-0.1, -0.05) is 0 Å². The van der Waals surface area contributed by atoms with Gasteiger partial charge in [-0.15, -0.1) is 0 Å². The molecule has 1 fully saturated rings. The maximum atomic E-state index is 12.0. The number of nitrogens with zero attached hydrogens (tertiary/aromatic N) is 1. The van der Waals surface area contributed by atoms with E-state index in [0.717, 1.165) is 11.4 Å². The first-order valence-corrected chi connectivity index (χ1v) is 6.11. The molecular weight excluding hydrogens is 246 g/mol. The number of fused-ring (bicyclic) bond motifs is 1. The molecule has 3 amide bonds. The van der Waals surface area contributed by atoms with E-state index in [0.29, 0.717) is 12.0 Å². The third-order valence-corrected chi connectivity index (χ3v) is 3.52. The van der Waals surface area contributed by atoms with E-state index in [1.54, 1.807) is 13.1 Å². The summed E-state index contributed by atoms with van der Waals surface area (Å²) in [4.78, 5) is 36.4. The van der Waals surface area contributed by atoms with Crippen molar-refractivity contribution in [1.82, 2.24) is 5.32 Å². The zero-order valence-corrected chi connectivity index (χ0v) is 10.4. The van der Waals surface area contributed by atoms with Gasteiger partial charge in [0.15, 0.2) is 0 Å². The fraction of sp³-hybridized carbons (Fsp3) is 0.308. The Kier molecular flexibility index (Phi) is 2.51. The van der Waals surface area contributed by atoms with Crippen LogP contribution in [0.15, 0.2) is 18.2 Å². The molecule has 0 bridgehead atoms. The number of nitrogens with one attached hydrogen (secondary N) is 2. The van der Waals surface area contributed by atoms with Gasteiger partial charge in [-0.05, 0) is 24.6 Å². The summed E-state index contributed by atoms with van der Waals surface area (Å²) in [7, 11) is 1.79. The smallest absolute Gasteiger partial charge is 0.261 e. The molecule has 0 saturated carbocycles. The van der Waals surface area contributed by atoms with Crippen molar-refractivity contribution in [2.75, 3.05) is 17.3 Å². The van der Waals surface area contributed by atoms with Gasteiger partial charge in [0, 0.05) is 19.2 Å². The molecule has 1 atom stereocenters. The molecule has 1 aromatic carbocycles. The molecule has 0 radical (unpaired) electrons. The molecule has 0 spiro atoms. The molecule has 2 heterocycles. The predicted octanol–water partition coefficient (Wildman–Crippen LogP) is 0.494. The molecule has 1 unspecified atom stereocenters. The first-order chi connectivity index (χ1) is 9.11. The number of anilines is 2. The highest BCUT2D eigenvalue weighted by Crippen LogP contribution is 2.38. The van der Waals surface area contributed by atoms with Gasteiger partial charge in [-0.3, -0.25) is 24.6 Å². The molecule has 6 heteroatoms. The van der Waals surface area contributed by atoms with Gasteiger partial charge in [0.2, 0.25) is 11.8 Å². The minimum atomic E-state index is -0.579. The fourth-order valence-corrected chi connectivity index (χ4v) is 2.49. The summed E-state index contributed by atoms with van der Waals surface area (Å²) in [5.74, 6) is -0.837. The topological polar surface area (TPSA) is 78.5 Å². The van der Waals surface area contributed by atoms with E-state index in [4.69, 9.17) is 0 Å². The number of imide groups is 1. The number of hydrogen-bond acceptors (Lipinski definition) is 4. The van der Waals surface area contributed by atoms with Gasteiger partial charge in [0.25, 0.3) is 5.91 Å². The van der Waals surface area contributed by atoms with Crippen LogP contribution in [0.25, 0.3) is 0 Å². The number of piperidine rings is 1. The van der Waals surface area contributed by atoms with Crippen LogP contribution in [0.3, 0.4) is 0 Å². The molecule has 0 aromatic heterocycles. The lowest BCUT2D eigenvalue weighted by molar-refractivity contribution is -0.134. The summed E-state index contributed by atoms with van der Waals surface area (Å²) in [5, 5.41) is 5.26. The first-order valence-electron chi connectivity index (χ1n) is 6.11. The van der Waals surface area contributed by atoms with E-state index in [2.05, 4.69) is 10.6 Å². The molecule has 2 aliphatic rings. The van der Waals surface area contributed by atoms with Crippen LogP contribution in [0.1, 0.15) is 23.2 Å². The standard InChI is InChI=1S/C13H13N3O3/c1-14-7-2-3-8-10(6-7)16(13(8)19)9-4-5-11(17)15-12(9)18/h2-3,6,9,14H,4-5H2,1H3,(H,15,17,18). The van der Waals surface area contributed by atoms with Crippen LogP contribution >= 0.6 is 0 Å². The van der Waals surface area contributed by atoms with Gasteiger partial charge in [-0.25, -0.2) is 0 Å². The summed E-state index contributed by atoms with van der Waals surface area (Å²) in [6.07, 6.45) is 0.640. The molecule has 1 saturated heterocycles. The van der Waals surface area contributed by atoms with Gasteiger partial charge >= 0.3 is 0 Å². The van der Waals surface area contributed by atoms with Crippen molar-refractivity contribution in [3.8, 4) is 0 Å². The Bertz CT molecular complexity index is 597. The zero-order valence-electron chi connectivity index (χ0n) is 10.4. The van der Waals surface area contributed by atoms with Gasteiger partial charge in [0.1, 0.15) is 6.04 Å². The Balaban J connectivity index is 1.92. The summed E-state index contributed by atoms with van der Waals surface area (Å²) in [6.45, 7) is 0. The van der Waals surface area contributed by atoms with E-state index in [1.807, 2.05) is 12.1 Å². The molecule has 1 aromatic rings. The van der Waals surface area contributed by atoms with Crippen molar-refractivity contribution in [1.29, 1.82) is 0 Å². The van der Waals surface area contributed by atoms with Gasteiger partial charge in [0.05, 0.1) is 11.3 Å². The monoisotopic (exact) mass is 259 g/mol. The van der Waals surface area contributed by atoms with Gasteiger partial charge in [-0.2, -0.15) is 0 Å². The summed E-state index contributed by atoms with van der Waals surface area (Å²) >= 11 is 0. The van der Waals surface area contributed by atoms with Crippen LogP contribution in [0, 0.1) is 0 Å². The highest BCUT2D eigenvalue weighted by Gasteiger charge is 2.43. The van der Waals surface area contributed by atoms with Crippen molar-refractivity contribution in [2.24, 2.45) is 0 Å². The maximum Gasteiger partial charge on any atom is 0.261 e. The normalized spacial score (nSPS) is 21.6. The van der Waals surface area contributed by atoms with E-state index in [9.17, 15) is 14.4 Å². The number of benzene rings is 1. The van der Waals surface area contributed by atoms with Crippen LogP contribution in [-0.4, -0.2) is 30.8 Å². The fourth-order valence-electron chi connectivity index (χ4n) is 2.49. The molecule has 19 heavy (non-hydrogen) atoms. The van der Waals surface area contributed by atoms with Crippen molar-refractivity contribution >= 4 is 29.1 Å². The average Bonchev–Trinajstić information content (AvgIpc) is 2.40. The third-order valence-electron chi connectivity index (χ3n) is 3.52. The SMILES string of the molecule is CNc1ccc2c(c1)N(C1CCC(=O)NC1=O)C2=O. The molecule has 98 valence electrons. The van der Waals surface area contributed by atoms with Crippen LogP contribution < -0.4 is 15.5 Å². The van der Waals surface area contributed by atoms with E-state index in [1.165, 1.54) is 4.90 Å². The highest BCUT2D eigenvalue weighted by atomic mass is 16.2. The number of carbonyl (C=O) groups excluding carboxylic acids is 3. The Morgan fingerprint density at radius 2 is 2.11 bits per heavy atom. The average molecular weight is 259 g/mol. The molecule has 0 aliphatic carbocycles. The Morgan fingerprint density at radius 1 is 1.32 bits per heavy atom. The van der Waals surface area contributed by atoms with Gasteiger partial charge < -0.3 is 5.32 Å². The zero-order chi connectivity index (χ0) is 13.6. The lowest BCUT2D eigenvalue weighted by atomic mass is 9.94. The van der Waals surface area contributed by atoms with Crippen LogP contribution in [0.5, 0.6) is 0 Å². The number of amides is 3. The van der Waals surface area contributed by atoms with E-state index < -0.39 is 11.9 Å². The lowest BCUT2D eigenvalue weighted by Gasteiger charge is -2.40. The second kappa shape index (κ2) is 4.08. The molecular formula is C13H13N3O3. The summed E-state index contributed by atoms with van der Waals surface area (Å²) in [6, 6.07) is 4.81. The summed E-state index contributed by atoms with van der Waals surface area (Å²) in [5.41, 5.74) is 2.23. The van der Waals surface area contributed by atoms with Crippen molar-refractivity contribution < 1.29 is 14.4 Å². The number of hydrogen-bond donors (Lipinski definition) is 2. The molecule has 3 rings (SSSR count). The quantitative estimate of drug-likeness (QED) is 0.758. The minimum Gasteiger partial charge on any atom is -0.388 e. The second-order valence-electron chi connectivity index (χ2n) is 4.62.